The third-order valence-electron chi connectivity index (χ3n) is 2.08. The smallest absolute Gasteiger partial charge is 0.293 e. The molecule has 0 radical (unpaired) electrons. The van der Waals surface area contributed by atoms with Crippen molar-refractivity contribution in [1.29, 1.82) is 0 Å². The van der Waals surface area contributed by atoms with Crippen molar-refractivity contribution in [3.63, 3.8) is 0 Å². The Morgan fingerprint density at radius 1 is 1.53 bits per heavy atom. The molecule has 0 saturated heterocycles. The lowest BCUT2D eigenvalue weighted by molar-refractivity contribution is 0.281. The number of rotatable bonds is 4. The van der Waals surface area contributed by atoms with E-state index >= 15 is 0 Å². The maximum atomic E-state index is 11.8. The number of hydrogen-bond donors (Lipinski definition) is 2. The third-order valence-corrected chi connectivity index (χ3v) is 2.08. The fourth-order valence-electron chi connectivity index (χ4n) is 1.21. The standard InChI is InChI=1S/C10H17N3O2/c1-7(2)13-5-4-11-9(10(13)15)12-8(3)6-14/h4-5,7-8,14H,6H2,1-3H3,(H,11,12). The van der Waals surface area contributed by atoms with Crippen LogP contribution in [0, 0.1) is 0 Å². The summed E-state index contributed by atoms with van der Waals surface area (Å²) < 4.78 is 1.60. The number of aromatic nitrogens is 2. The molecule has 1 atom stereocenters. The van der Waals surface area contributed by atoms with Gasteiger partial charge in [-0.25, -0.2) is 4.98 Å². The average molecular weight is 211 g/mol. The summed E-state index contributed by atoms with van der Waals surface area (Å²) in [6.45, 7) is 5.62. The summed E-state index contributed by atoms with van der Waals surface area (Å²) in [6.07, 6.45) is 3.23. The number of nitrogens with zero attached hydrogens (tertiary/aromatic N) is 2. The molecule has 0 aliphatic heterocycles. The molecule has 0 aliphatic rings. The molecule has 0 amide bonds. The van der Waals surface area contributed by atoms with E-state index < -0.39 is 0 Å². The Labute approximate surface area is 88.8 Å². The number of hydrogen-bond acceptors (Lipinski definition) is 4. The van der Waals surface area contributed by atoms with Gasteiger partial charge < -0.3 is 15.0 Å². The highest BCUT2D eigenvalue weighted by atomic mass is 16.3. The van der Waals surface area contributed by atoms with Gasteiger partial charge in [-0.3, -0.25) is 4.79 Å². The van der Waals surface area contributed by atoms with Crippen molar-refractivity contribution in [3.05, 3.63) is 22.7 Å². The van der Waals surface area contributed by atoms with Crippen LogP contribution in [0.2, 0.25) is 0 Å². The highest BCUT2D eigenvalue weighted by Gasteiger charge is 2.08. The summed E-state index contributed by atoms with van der Waals surface area (Å²) in [4.78, 5) is 15.8. The van der Waals surface area contributed by atoms with Crippen molar-refractivity contribution in [2.24, 2.45) is 0 Å². The zero-order chi connectivity index (χ0) is 11.4. The second-order valence-corrected chi connectivity index (χ2v) is 3.81. The van der Waals surface area contributed by atoms with Crippen molar-refractivity contribution in [3.8, 4) is 0 Å². The first-order chi connectivity index (χ1) is 7.06. The van der Waals surface area contributed by atoms with Crippen LogP contribution in [0.1, 0.15) is 26.8 Å². The first-order valence-corrected chi connectivity index (χ1v) is 5.00. The van der Waals surface area contributed by atoms with Gasteiger partial charge in [-0.05, 0) is 20.8 Å². The van der Waals surface area contributed by atoms with Gasteiger partial charge in [-0.15, -0.1) is 0 Å². The van der Waals surface area contributed by atoms with Crippen molar-refractivity contribution in [2.45, 2.75) is 32.9 Å². The van der Waals surface area contributed by atoms with Crippen LogP contribution in [0.3, 0.4) is 0 Å². The van der Waals surface area contributed by atoms with E-state index in [9.17, 15) is 4.79 Å². The van der Waals surface area contributed by atoms with Gasteiger partial charge in [-0.2, -0.15) is 0 Å². The minimum absolute atomic E-state index is 0.0301. The molecular formula is C10H17N3O2. The molecule has 5 nitrogen and oxygen atoms in total. The predicted molar refractivity (Wildman–Crippen MR) is 59.1 cm³/mol. The largest absolute Gasteiger partial charge is 0.394 e. The van der Waals surface area contributed by atoms with E-state index in [-0.39, 0.29) is 30.1 Å². The first-order valence-electron chi connectivity index (χ1n) is 5.00. The minimum atomic E-state index is -0.173. The Kier molecular flexibility index (Phi) is 3.85. The summed E-state index contributed by atoms with van der Waals surface area (Å²) in [6, 6.07) is -0.0707. The Morgan fingerprint density at radius 3 is 2.73 bits per heavy atom. The molecule has 1 unspecified atom stereocenters. The van der Waals surface area contributed by atoms with Gasteiger partial charge in [0.15, 0.2) is 5.82 Å². The molecule has 1 heterocycles. The van der Waals surface area contributed by atoms with Crippen molar-refractivity contribution in [2.75, 3.05) is 11.9 Å². The number of aliphatic hydroxyl groups excluding tert-OH is 1. The lowest BCUT2D eigenvalue weighted by atomic mass is 10.3. The van der Waals surface area contributed by atoms with Gasteiger partial charge >= 0.3 is 0 Å². The molecule has 5 heteroatoms. The molecule has 84 valence electrons. The Morgan fingerprint density at radius 2 is 2.20 bits per heavy atom. The predicted octanol–water partition coefficient (Wildman–Crippen LogP) is 0.617. The molecular weight excluding hydrogens is 194 g/mol. The normalized spacial score (nSPS) is 12.9. The van der Waals surface area contributed by atoms with Crippen LogP contribution >= 0.6 is 0 Å². The summed E-state index contributed by atoms with van der Waals surface area (Å²) >= 11 is 0. The molecule has 0 aromatic carbocycles. The fraction of sp³-hybridized carbons (Fsp3) is 0.600. The molecule has 0 spiro atoms. The highest BCUT2D eigenvalue weighted by Crippen LogP contribution is 2.02. The molecule has 0 bridgehead atoms. The Bertz CT molecular complexity index is 373. The van der Waals surface area contributed by atoms with Crippen molar-refractivity contribution in [1.82, 2.24) is 9.55 Å². The van der Waals surface area contributed by atoms with E-state index in [1.165, 1.54) is 0 Å². The zero-order valence-electron chi connectivity index (χ0n) is 9.27. The van der Waals surface area contributed by atoms with Crippen molar-refractivity contribution >= 4 is 5.82 Å². The van der Waals surface area contributed by atoms with E-state index in [1.54, 1.807) is 23.9 Å². The molecule has 0 saturated carbocycles. The number of aliphatic hydroxyl groups is 1. The van der Waals surface area contributed by atoms with Crippen LogP contribution in [0.5, 0.6) is 0 Å². The van der Waals surface area contributed by atoms with E-state index in [1.807, 2.05) is 13.8 Å². The molecule has 1 aromatic rings. The van der Waals surface area contributed by atoms with Crippen molar-refractivity contribution < 1.29 is 5.11 Å². The van der Waals surface area contributed by atoms with E-state index in [0.717, 1.165) is 0 Å². The third kappa shape index (κ3) is 2.79. The van der Waals surface area contributed by atoms with Crippen LogP contribution in [0.4, 0.5) is 5.82 Å². The van der Waals surface area contributed by atoms with Gasteiger partial charge in [-0.1, -0.05) is 0 Å². The quantitative estimate of drug-likeness (QED) is 0.766. The zero-order valence-corrected chi connectivity index (χ0v) is 9.27. The second-order valence-electron chi connectivity index (χ2n) is 3.81. The van der Waals surface area contributed by atoms with Gasteiger partial charge in [0.2, 0.25) is 0 Å². The second kappa shape index (κ2) is 4.93. The molecule has 0 fully saturated rings. The first kappa shape index (κ1) is 11.7. The van der Waals surface area contributed by atoms with Gasteiger partial charge in [0, 0.05) is 24.5 Å². The lowest BCUT2D eigenvalue weighted by Crippen LogP contribution is -2.30. The molecule has 1 rings (SSSR count). The average Bonchev–Trinajstić information content (AvgIpc) is 2.20. The molecule has 0 aliphatic carbocycles. The van der Waals surface area contributed by atoms with Gasteiger partial charge in [0.25, 0.3) is 5.56 Å². The molecule has 15 heavy (non-hydrogen) atoms. The SMILES string of the molecule is CC(CO)Nc1nccn(C(C)C)c1=O. The van der Waals surface area contributed by atoms with E-state index in [0.29, 0.717) is 0 Å². The summed E-state index contributed by atoms with van der Waals surface area (Å²) in [7, 11) is 0. The maximum absolute atomic E-state index is 11.8. The summed E-state index contributed by atoms with van der Waals surface area (Å²) in [5, 5.41) is 11.7. The van der Waals surface area contributed by atoms with Gasteiger partial charge in [0.1, 0.15) is 0 Å². The van der Waals surface area contributed by atoms with E-state index in [2.05, 4.69) is 10.3 Å². The minimum Gasteiger partial charge on any atom is -0.394 e. The number of anilines is 1. The van der Waals surface area contributed by atoms with Crippen LogP contribution < -0.4 is 10.9 Å². The van der Waals surface area contributed by atoms with Crippen LogP contribution in [-0.4, -0.2) is 27.3 Å². The summed E-state index contributed by atoms with van der Waals surface area (Å²) in [5.74, 6) is 0.285. The molecule has 1 aromatic heterocycles. The van der Waals surface area contributed by atoms with Crippen LogP contribution in [0.25, 0.3) is 0 Å². The number of nitrogens with one attached hydrogen (secondary N) is 1. The highest BCUT2D eigenvalue weighted by molar-refractivity contribution is 5.32. The summed E-state index contributed by atoms with van der Waals surface area (Å²) in [5.41, 5.74) is -0.159. The fourth-order valence-corrected chi connectivity index (χ4v) is 1.21. The maximum Gasteiger partial charge on any atom is 0.293 e. The lowest BCUT2D eigenvalue weighted by Gasteiger charge is -2.14. The monoisotopic (exact) mass is 211 g/mol. The van der Waals surface area contributed by atoms with Gasteiger partial charge in [0.05, 0.1) is 6.61 Å². The van der Waals surface area contributed by atoms with Crippen LogP contribution in [0.15, 0.2) is 17.2 Å². The van der Waals surface area contributed by atoms with E-state index in [4.69, 9.17) is 5.11 Å². The molecule has 2 N–H and O–H groups in total. The Balaban J connectivity index is 3.00. The topological polar surface area (TPSA) is 67.2 Å². The Hall–Kier alpha value is -1.36. The van der Waals surface area contributed by atoms with Crippen LogP contribution in [-0.2, 0) is 0 Å².